The predicted molar refractivity (Wildman–Crippen MR) is 73.8 cm³/mol. The molecule has 0 fully saturated rings. The molecule has 0 spiro atoms. The van der Waals surface area contributed by atoms with Gasteiger partial charge < -0.3 is 10.3 Å². The van der Waals surface area contributed by atoms with Crippen molar-refractivity contribution in [2.45, 2.75) is 20.3 Å². The number of nitrogens with zero attached hydrogens (tertiary/aromatic N) is 1. The number of H-pyrrole nitrogens is 1. The lowest BCUT2D eigenvalue weighted by atomic mass is 10.0. The van der Waals surface area contributed by atoms with Crippen molar-refractivity contribution in [3.63, 3.8) is 0 Å². The fourth-order valence-electron chi connectivity index (χ4n) is 1.95. The second kappa shape index (κ2) is 5.49. The maximum Gasteiger partial charge on any atom is 0.271 e. The molecular formula is C14H17N3O. The topological polar surface area (TPSA) is 57.8 Å². The van der Waals surface area contributed by atoms with Gasteiger partial charge in [0.15, 0.2) is 0 Å². The Morgan fingerprint density at radius 1 is 1.39 bits per heavy atom. The van der Waals surface area contributed by atoms with Crippen LogP contribution in [-0.4, -0.2) is 16.5 Å². The summed E-state index contributed by atoms with van der Waals surface area (Å²) in [6.45, 7) is 4.72. The maximum absolute atomic E-state index is 11.8. The molecule has 2 aromatic heterocycles. The third-order valence-corrected chi connectivity index (χ3v) is 2.82. The fourth-order valence-corrected chi connectivity index (χ4v) is 1.95. The maximum atomic E-state index is 11.8. The molecule has 2 aromatic rings. The molecule has 0 atom stereocenters. The van der Waals surface area contributed by atoms with Gasteiger partial charge in [-0.15, -0.1) is 0 Å². The van der Waals surface area contributed by atoms with Crippen molar-refractivity contribution >= 4 is 5.69 Å². The quantitative estimate of drug-likeness (QED) is 0.867. The third kappa shape index (κ3) is 2.42. The van der Waals surface area contributed by atoms with Gasteiger partial charge in [0.1, 0.15) is 5.69 Å². The first-order valence-corrected chi connectivity index (χ1v) is 6.16. The Kier molecular flexibility index (Phi) is 3.77. The summed E-state index contributed by atoms with van der Waals surface area (Å²) in [5.74, 6) is 0. The molecule has 0 aliphatic carbocycles. The highest BCUT2D eigenvalue weighted by Gasteiger charge is 2.08. The number of aryl methyl sites for hydroxylation is 1. The van der Waals surface area contributed by atoms with Gasteiger partial charge in [-0.05, 0) is 25.5 Å². The van der Waals surface area contributed by atoms with Crippen LogP contribution in [0.3, 0.4) is 0 Å². The van der Waals surface area contributed by atoms with Gasteiger partial charge >= 0.3 is 0 Å². The SMILES string of the molecule is CCNc1cc(-c2cccnc2)c(CC)[nH]c1=O. The first-order valence-electron chi connectivity index (χ1n) is 6.16. The summed E-state index contributed by atoms with van der Waals surface area (Å²) < 4.78 is 0. The Morgan fingerprint density at radius 2 is 2.22 bits per heavy atom. The summed E-state index contributed by atoms with van der Waals surface area (Å²) in [4.78, 5) is 18.9. The predicted octanol–water partition coefficient (Wildman–Crippen LogP) is 2.43. The third-order valence-electron chi connectivity index (χ3n) is 2.82. The van der Waals surface area contributed by atoms with Crippen LogP contribution in [0.1, 0.15) is 19.5 Å². The van der Waals surface area contributed by atoms with Crippen LogP contribution in [0.25, 0.3) is 11.1 Å². The number of nitrogens with one attached hydrogen (secondary N) is 2. The minimum Gasteiger partial charge on any atom is -0.381 e. The van der Waals surface area contributed by atoms with Gasteiger partial charge in [0.25, 0.3) is 5.56 Å². The molecule has 18 heavy (non-hydrogen) atoms. The average molecular weight is 243 g/mol. The van der Waals surface area contributed by atoms with E-state index in [1.54, 1.807) is 6.20 Å². The lowest BCUT2D eigenvalue weighted by Gasteiger charge is -2.10. The zero-order valence-electron chi connectivity index (χ0n) is 10.7. The number of aromatic amines is 1. The molecule has 4 heteroatoms. The van der Waals surface area contributed by atoms with Gasteiger partial charge in [0.05, 0.1) is 0 Å². The summed E-state index contributed by atoms with van der Waals surface area (Å²) in [5.41, 5.74) is 3.52. The molecule has 2 rings (SSSR count). The van der Waals surface area contributed by atoms with E-state index in [4.69, 9.17) is 0 Å². The van der Waals surface area contributed by atoms with Crippen molar-refractivity contribution in [1.29, 1.82) is 0 Å². The van der Waals surface area contributed by atoms with Gasteiger partial charge in [0.2, 0.25) is 0 Å². The number of rotatable bonds is 4. The molecule has 0 saturated carbocycles. The molecule has 94 valence electrons. The monoisotopic (exact) mass is 243 g/mol. The molecule has 0 aliphatic heterocycles. The smallest absolute Gasteiger partial charge is 0.271 e. The normalized spacial score (nSPS) is 10.3. The van der Waals surface area contributed by atoms with Crippen molar-refractivity contribution in [2.75, 3.05) is 11.9 Å². The van der Waals surface area contributed by atoms with Crippen molar-refractivity contribution in [2.24, 2.45) is 0 Å². The zero-order valence-corrected chi connectivity index (χ0v) is 10.7. The van der Waals surface area contributed by atoms with Crippen LogP contribution in [0.15, 0.2) is 35.4 Å². The molecule has 2 heterocycles. The summed E-state index contributed by atoms with van der Waals surface area (Å²) in [5, 5.41) is 3.07. The molecule has 0 bridgehead atoms. The van der Waals surface area contributed by atoms with Crippen LogP contribution in [0, 0.1) is 0 Å². The van der Waals surface area contributed by atoms with E-state index in [2.05, 4.69) is 15.3 Å². The minimum absolute atomic E-state index is 0.0682. The second-order valence-electron chi connectivity index (χ2n) is 4.03. The molecule has 2 N–H and O–H groups in total. The van der Waals surface area contributed by atoms with Crippen molar-refractivity contribution in [3.05, 3.63) is 46.6 Å². The Labute approximate surface area is 106 Å². The van der Waals surface area contributed by atoms with Crippen LogP contribution < -0.4 is 10.9 Å². The van der Waals surface area contributed by atoms with E-state index in [0.29, 0.717) is 5.69 Å². The van der Waals surface area contributed by atoms with E-state index < -0.39 is 0 Å². The van der Waals surface area contributed by atoms with Gasteiger partial charge in [-0.2, -0.15) is 0 Å². The minimum atomic E-state index is -0.0682. The van der Waals surface area contributed by atoms with Crippen LogP contribution in [0.5, 0.6) is 0 Å². The van der Waals surface area contributed by atoms with Crippen molar-refractivity contribution in [3.8, 4) is 11.1 Å². The second-order valence-corrected chi connectivity index (χ2v) is 4.03. The summed E-state index contributed by atoms with van der Waals surface area (Å²) in [6, 6.07) is 5.79. The highest BCUT2D eigenvalue weighted by Crippen LogP contribution is 2.23. The Hall–Kier alpha value is -2.10. The summed E-state index contributed by atoms with van der Waals surface area (Å²) in [6.07, 6.45) is 4.33. The van der Waals surface area contributed by atoms with E-state index in [0.717, 1.165) is 29.8 Å². The van der Waals surface area contributed by atoms with E-state index in [-0.39, 0.29) is 5.56 Å². The Bertz CT molecular complexity index is 575. The van der Waals surface area contributed by atoms with Gasteiger partial charge in [0, 0.05) is 35.8 Å². The number of hydrogen-bond acceptors (Lipinski definition) is 3. The fraction of sp³-hybridized carbons (Fsp3) is 0.286. The first kappa shape index (κ1) is 12.4. The number of hydrogen-bond donors (Lipinski definition) is 2. The molecule has 0 radical (unpaired) electrons. The molecule has 0 unspecified atom stereocenters. The van der Waals surface area contributed by atoms with Crippen molar-refractivity contribution in [1.82, 2.24) is 9.97 Å². The molecule has 0 aromatic carbocycles. The standard InChI is InChI=1S/C14H17N3O/c1-3-12-11(10-6-5-7-15-9-10)8-13(16-4-2)14(18)17-12/h5-9,16H,3-4H2,1-2H3,(H,17,18). The van der Waals surface area contributed by atoms with E-state index in [9.17, 15) is 4.79 Å². The molecule has 0 saturated heterocycles. The average Bonchev–Trinajstić information content (AvgIpc) is 2.42. The molecular weight excluding hydrogens is 226 g/mol. The van der Waals surface area contributed by atoms with Crippen molar-refractivity contribution < 1.29 is 0 Å². The van der Waals surface area contributed by atoms with Gasteiger partial charge in [-0.25, -0.2) is 0 Å². The van der Waals surface area contributed by atoms with Crippen LogP contribution >= 0.6 is 0 Å². The number of anilines is 1. The summed E-state index contributed by atoms with van der Waals surface area (Å²) in [7, 11) is 0. The molecule has 0 aliphatic rings. The zero-order chi connectivity index (χ0) is 13.0. The largest absolute Gasteiger partial charge is 0.381 e. The highest BCUT2D eigenvalue weighted by atomic mass is 16.1. The summed E-state index contributed by atoms with van der Waals surface area (Å²) >= 11 is 0. The van der Waals surface area contributed by atoms with E-state index in [1.807, 2.05) is 38.2 Å². The van der Waals surface area contributed by atoms with E-state index in [1.165, 1.54) is 0 Å². The van der Waals surface area contributed by atoms with Crippen LogP contribution in [0.4, 0.5) is 5.69 Å². The lowest BCUT2D eigenvalue weighted by Crippen LogP contribution is -2.16. The number of aromatic nitrogens is 2. The van der Waals surface area contributed by atoms with Gasteiger partial charge in [-0.3, -0.25) is 9.78 Å². The molecule has 0 amide bonds. The van der Waals surface area contributed by atoms with Crippen LogP contribution in [0.2, 0.25) is 0 Å². The highest BCUT2D eigenvalue weighted by molar-refractivity contribution is 5.69. The van der Waals surface area contributed by atoms with Gasteiger partial charge in [-0.1, -0.05) is 13.0 Å². The van der Waals surface area contributed by atoms with E-state index >= 15 is 0 Å². The number of pyridine rings is 2. The van der Waals surface area contributed by atoms with Crippen LogP contribution in [-0.2, 0) is 6.42 Å². The Morgan fingerprint density at radius 3 is 2.83 bits per heavy atom. The molecule has 4 nitrogen and oxygen atoms in total. The Balaban J connectivity index is 2.58. The first-order chi connectivity index (χ1) is 8.76. The lowest BCUT2D eigenvalue weighted by molar-refractivity contribution is 1.01.